The topological polar surface area (TPSA) is 60.2 Å². The molecule has 3 rings (SSSR count). The van der Waals surface area contributed by atoms with Crippen LogP contribution >= 0.6 is 0 Å². The van der Waals surface area contributed by atoms with Crippen LogP contribution in [0, 0.1) is 12.8 Å². The lowest BCUT2D eigenvalue weighted by Crippen LogP contribution is -2.36. The summed E-state index contributed by atoms with van der Waals surface area (Å²) in [4.78, 5) is 4.60. The van der Waals surface area contributed by atoms with E-state index in [0.717, 1.165) is 37.3 Å². The van der Waals surface area contributed by atoms with Gasteiger partial charge in [-0.05, 0) is 43.4 Å². The van der Waals surface area contributed by atoms with Crippen molar-refractivity contribution < 1.29 is 4.74 Å². The number of hydrogen-bond acceptors (Lipinski definition) is 4. The summed E-state index contributed by atoms with van der Waals surface area (Å²) in [6.07, 6.45) is 2.09. The third kappa shape index (κ3) is 2.54. The smallest absolute Gasteiger partial charge is 0.0708 e. The third-order valence-electron chi connectivity index (χ3n) is 4.13. The van der Waals surface area contributed by atoms with Crippen molar-refractivity contribution in [1.29, 1.82) is 0 Å². The largest absolute Gasteiger partial charge is 0.381 e. The SMILES string of the molecule is Cc1cc(C(NN)C2CCOCC2)c2ccccc2n1. The lowest BCUT2D eigenvalue weighted by atomic mass is 9.86. The second kappa shape index (κ2) is 5.87. The molecule has 1 aromatic carbocycles. The highest BCUT2D eigenvalue weighted by molar-refractivity contribution is 5.82. The fraction of sp³-hybridized carbons (Fsp3) is 0.438. The van der Waals surface area contributed by atoms with Crippen LogP contribution in [0.5, 0.6) is 0 Å². The molecule has 1 saturated heterocycles. The Hall–Kier alpha value is -1.49. The molecule has 20 heavy (non-hydrogen) atoms. The van der Waals surface area contributed by atoms with E-state index in [1.807, 2.05) is 13.0 Å². The minimum atomic E-state index is 0.158. The normalized spacial score (nSPS) is 18.3. The maximum absolute atomic E-state index is 5.87. The van der Waals surface area contributed by atoms with Gasteiger partial charge in [0.1, 0.15) is 0 Å². The highest BCUT2D eigenvalue weighted by Gasteiger charge is 2.26. The quantitative estimate of drug-likeness (QED) is 0.665. The molecule has 1 aromatic heterocycles. The van der Waals surface area contributed by atoms with Gasteiger partial charge < -0.3 is 4.74 Å². The number of pyridine rings is 1. The lowest BCUT2D eigenvalue weighted by molar-refractivity contribution is 0.0538. The molecule has 106 valence electrons. The Balaban J connectivity index is 2.06. The predicted octanol–water partition coefficient (Wildman–Crippen LogP) is 2.47. The zero-order valence-electron chi connectivity index (χ0n) is 11.8. The molecule has 1 fully saturated rings. The summed E-state index contributed by atoms with van der Waals surface area (Å²) in [5.74, 6) is 6.38. The maximum Gasteiger partial charge on any atom is 0.0708 e. The summed E-state index contributed by atoms with van der Waals surface area (Å²) in [5.41, 5.74) is 6.35. The van der Waals surface area contributed by atoms with Gasteiger partial charge in [0.25, 0.3) is 0 Å². The van der Waals surface area contributed by atoms with Gasteiger partial charge in [0.15, 0.2) is 0 Å². The van der Waals surface area contributed by atoms with Gasteiger partial charge in [-0.2, -0.15) is 0 Å². The molecule has 0 spiro atoms. The van der Waals surface area contributed by atoms with Crippen molar-refractivity contribution in [2.75, 3.05) is 13.2 Å². The van der Waals surface area contributed by atoms with E-state index in [-0.39, 0.29) is 6.04 Å². The van der Waals surface area contributed by atoms with E-state index in [2.05, 4.69) is 34.7 Å². The molecule has 0 bridgehead atoms. The first-order valence-corrected chi connectivity index (χ1v) is 7.20. The predicted molar refractivity (Wildman–Crippen MR) is 80.1 cm³/mol. The van der Waals surface area contributed by atoms with E-state index >= 15 is 0 Å². The van der Waals surface area contributed by atoms with Crippen LogP contribution in [0.25, 0.3) is 10.9 Å². The van der Waals surface area contributed by atoms with Gasteiger partial charge in [-0.3, -0.25) is 16.3 Å². The molecule has 2 heterocycles. The number of aromatic nitrogens is 1. The van der Waals surface area contributed by atoms with Crippen LogP contribution in [0.4, 0.5) is 0 Å². The van der Waals surface area contributed by atoms with Crippen molar-refractivity contribution in [3.05, 3.63) is 41.6 Å². The summed E-state index contributed by atoms with van der Waals surface area (Å²) in [7, 11) is 0. The fourth-order valence-electron chi connectivity index (χ4n) is 3.13. The Bertz CT molecular complexity index is 593. The van der Waals surface area contributed by atoms with Gasteiger partial charge in [-0.1, -0.05) is 18.2 Å². The van der Waals surface area contributed by atoms with Crippen LogP contribution in [0.1, 0.15) is 30.1 Å². The molecule has 1 aliphatic heterocycles. The number of aryl methyl sites for hydroxylation is 1. The molecular weight excluding hydrogens is 250 g/mol. The third-order valence-corrected chi connectivity index (χ3v) is 4.13. The van der Waals surface area contributed by atoms with Crippen molar-refractivity contribution in [2.45, 2.75) is 25.8 Å². The maximum atomic E-state index is 5.87. The molecule has 1 atom stereocenters. The summed E-state index contributed by atoms with van der Waals surface area (Å²) < 4.78 is 5.46. The van der Waals surface area contributed by atoms with Crippen molar-refractivity contribution >= 4 is 10.9 Å². The molecule has 0 radical (unpaired) electrons. The van der Waals surface area contributed by atoms with Crippen molar-refractivity contribution in [2.24, 2.45) is 11.8 Å². The highest BCUT2D eigenvalue weighted by atomic mass is 16.5. The number of hydrazine groups is 1. The van der Waals surface area contributed by atoms with Crippen LogP contribution in [-0.2, 0) is 4.74 Å². The first kappa shape index (κ1) is 13.5. The number of hydrogen-bond donors (Lipinski definition) is 2. The van der Waals surface area contributed by atoms with Gasteiger partial charge in [0.05, 0.1) is 5.52 Å². The highest BCUT2D eigenvalue weighted by Crippen LogP contribution is 2.33. The molecule has 3 N–H and O–H groups in total. The first-order valence-electron chi connectivity index (χ1n) is 7.20. The second-order valence-corrected chi connectivity index (χ2v) is 5.46. The monoisotopic (exact) mass is 271 g/mol. The summed E-state index contributed by atoms with van der Waals surface area (Å²) in [5, 5.41) is 1.19. The van der Waals surface area contributed by atoms with Crippen molar-refractivity contribution in [3.8, 4) is 0 Å². The average Bonchev–Trinajstić information content (AvgIpc) is 2.49. The Morgan fingerprint density at radius 2 is 2.05 bits per heavy atom. The molecule has 4 heteroatoms. The Morgan fingerprint density at radius 1 is 1.30 bits per heavy atom. The van der Waals surface area contributed by atoms with E-state index in [1.54, 1.807) is 0 Å². The van der Waals surface area contributed by atoms with Gasteiger partial charge in [0, 0.05) is 30.3 Å². The zero-order valence-corrected chi connectivity index (χ0v) is 11.8. The minimum Gasteiger partial charge on any atom is -0.381 e. The van der Waals surface area contributed by atoms with E-state index in [0.29, 0.717) is 5.92 Å². The van der Waals surface area contributed by atoms with Gasteiger partial charge in [0.2, 0.25) is 0 Å². The number of rotatable bonds is 3. The van der Waals surface area contributed by atoms with Crippen LogP contribution in [-0.4, -0.2) is 18.2 Å². The Labute approximate surface area is 119 Å². The molecule has 4 nitrogen and oxygen atoms in total. The molecule has 0 amide bonds. The molecule has 1 unspecified atom stereocenters. The summed E-state index contributed by atoms with van der Waals surface area (Å²) in [6.45, 7) is 3.68. The molecule has 0 aliphatic carbocycles. The summed E-state index contributed by atoms with van der Waals surface area (Å²) >= 11 is 0. The molecular formula is C16H21N3O. The number of nitrogens with one attached hydrogen (secondary N) is 1. The van der Waals surface area contributed by atoms with E-state index in [9.17, 15) is 0 Å². The van der Waals surface area contributed by atoms with Crippen LogP contribution < -0.4 is 11.3 Å². The van der Waals surface area contributed by atoms with Crippen molar-refractivity contribution in [3.63, 3.8) is 0 Å². The van der Waals surface area contributed by atoms with Gasteiger partial charge >= 0.3 is 0 Å². The fourth-order valence-corrected chi connectivity index (χ4v) is 3.13. The number of nitrogens with two attached hydrogens (primary N) is 1. The average molecular weight is 271 g/mol. The van der Waals surface area contributed by atoms with E-state index < -0.39 is 0 Å². The molecule has 1 aliphatic rings. The van der Waals surface area contributed by atoms with Crippen LogP contribution in [0.15, 0.2) is 30.3 Å². The number of nitrogens with zero attached hydrogens (tertiary/aromatic N) is 1. The lowest BCUT2D eigenvalue weighted by Gasteiger charge is -2.31. The second-order valence-electron chi connectivity index (χ2n) is 5.46. The number of para-hydroxylation sites is 1. The first-order chi connectivity index (χ1) is 9.79. The van der Waals surface area contributed by atoms with E-state index in [4.69, 9.17) is 10.6 Å². The number of fused-ring (bicyclic) bond motifs is 1. The minimum absolute atomic E-state index is 0.158. The molecule has 2 aromatic rings. The zero-order chi connectivity index (χ0) is 13.9. The van der Waals surface area contributed by atoms with Crippen LogP contribution in [0.2, 0.25) is 0 Å². The standard InChI is InChI=1S/C16H21N3O/c1-11-10-14(13-4-2-3-5-15(13)18-11)16(19-17)12-6-8-20-9-7-12/h2-5,10,12,16,19H,6-9,17H2,1H3. The van der Waals surface area contributed by atoms with Gasteiger partial charge in [-0.25, -0.2) is 0 Å². The molecule has 0 saturated carbocycles. The van der Waals surface area contributed by atoms with Crippen LogP contribution in [0.3, 0.4) is 0 Å². The Kier molecular flexibility index (Phi) is 3.96. The van der Waals surface area contributed by atoms with Crippen molar-refractivity contribution in [1.82, 2.24) is 10.4 Å². The van der Waals surface area contributed by atoms with E-state index in [1.165, 1.54) is 10.9 Å². The number of ether oxygens (including phenoxy) is 1. The summed E-state index contributed by atoms with van der Waals surface area (Å²) in [6, 6.07) is 10.6. The number of benzene rings is 1. The van der Waals surface area contributed by atoms with Gasteiger partial charge in [-0.15, -0.1) is 0 Å². The Morgan fingerprint density at radius 3 is 2.80 bits per heavy atom.